The molecule has 0 saturated carbocycles. The molecule has 0 radical (unpaired) electrons. The van der Waals surface area contributed by atoms with Gasteiger partial charge in [-0.2, -0.15) is 5.10 Å². The molecule has 1 aromatic carbocycles. The van der Waals surface area contributed by atoms with Crippen LogP contribution in [-0.2, 0) is 0 Å². The minimum Gasteiger partial charge on any atom is -0.397 e. The number of aromatic nitrogens is 2. The van der Waals surface area contributed by atoms with Gasteiger partial charge in [0.05, 0.1) is 23.1 Å². The molecule has 2 heterocycles. The quantitative estimate of drug-likeness (QED) is 0.610. The lowest BCUT2D eigenvalue weighted by atomic mass is 10.2. The Hall–Kier alpha value is -1.75. The van der Waals surface area contributed by atoms with Gasteiger partial charge in [-0.15, -0.1) is 0 Å². The normalized spacial score (nSPS) is 16.9. The second-order valence-electron chi connectivity index (χ2n) is 4.11. The minimum atomic E-state index is 0.829. The first-order valence-corrected chi connectivity index (χ1v) is 5.53. The monoisotopic (exact) mass is 217 g/mol. The summed E-state index contributed by atoms with van der Waals surface area (Å²) in [6.07, 6.45) is 1.80. The first-order valence-electron chi connectivity index (χ1n) is 5.53. The van der Waals surface area contributed by atoms with Gasteiger partial charge in [-0.05, 0) is 12.1 Å². The molecule has 5 heteroatoms. The van der Waals surface area contributed by atoms with E-state index < -0.39 is 0 Å². The molecule has 1 aliphatic heterocycles. The van der Waals surface area contributed by atoms with E-state index in [1.165, 1.54) is 0 Å². The molecule has 0 amide bonds. The summed E-state index contributed by atoms with van der Waals surface area (Å²) in [5.74, 6) is 0. The number of rotatable bonds is 1. The second-order valence-corrected chi connectivity index (χ2v) is 4.11. The van der Waals surface area contributed by atoms with Gasteiger partial charge in [0.2, 0.25) is 0 Å². The number of H-pyrrole nitrogens is 1. The van der Waals surface area contributed by atoms with E-state index in [9.17, 15) is 0 Å². The van der Waals surface area contributed by atoms with Crippen molar-refractivity contribution < 1.29 is 0 Å². The number of nitrogens with zero attached hydrogens (tertiary/aromatic N) is 2. The lowest BCUT2D eigenvalue weighted by Gasteiger charge is -2.30. The van der Waals surface area contributed by atoms with Gasteiger partial charge in [0.15, 0.2) is 0 Å². The van der Waals surface area contributed by atoms with Crippen LogP contribution in [-0.4, -0.2) is 36.4 Å². The van der Waals surface area contributed by atoms with Crippen molar-refractivity contribution in [2.75, 3.05) is 36.8 Å². The molecule has 1 aliphatic rings. The lowest BCUT2D eigenvalue weighted by Crippen LogP contribution is -2.43. The van der Waals surface area contributed by atoms with Crippen molar-refractivity contribution in [2.24, 2.45) is 0 Å². The van der Waals surface area contributed by atoms with E-state index in [0.717, 1.165) is 48.5 Å². The van der Waals surface area contributed by atoms with E-state index in [-0.39, 0.29) is 0 Å². The maximum absolute atomic E-state index is 6.07. The van der Waals surface area contributed by atoms with Gasteiger partial charge in [0, 0.05) is 31.6 Å². The highest BCUT2D eigenvalue weighted by Crippen LogP contribution is 2.28. The number of piperazine rings is 1. The van der Waals surface area contributed by atoms with Gasteiger partial charge in [-0.3, -0.25) is 5.10 Å². The van der Waals surface area contributed by atoms with Crippen LogP contribution in [0.5, 0.6) is 0 Å². The fraction of sp³-hybridized carbons (Fsp3) is 0.364. The summed E-state index contributed by atoms with van der Waals surface area (Å²) in [5.41, 5.74) is 9.06. The maximum Gasteiger partial charge on any atom is 0.0672 e. The summed E-state index contributed by atoms with van der Waals surface area (Å²) in [6, 6.07) is 4.07. The highest BCUT2D eigenvalue weighted by molar-refractivity contribution is 5.88. The molecule has 16 heavy (non-hydrogen) atoms. The van der Waals surface area contributed by atoms with E-state index in [1.807, 2.05) is 6.07 Å². The topological polar surface area (TPSA) is 70.0 Å². The third kappa shape index (κ3) is 1.49. The zero-order chi connectivity index (χ0) is 11.0. The maximum atomic E-state index is 6.07. The number of nitrogen functional groups attached to an aromatic ring is 1. The van der Waals surface area contributed by atoms with Crippen molar-refractivity contribution in [1.82, 2.24) is 15.5 Å². The van der Waals surface area contributed by atoms with Crippen LogP contribution >= 0.6 is 0 Å². The summed E-state index contributed by atoms with van der Waals surface area (Å²) < 4.78 is 0. The largest absolute Gasteiger partial charge is 0.397 e. The Kier molecular flexibility index (Phi) is 2.18. The third-order valence-electron chi connectivity index (χ3n) is 3.05. The Labute approximate surface area is 93.6 Å². The van der Waals surface area contributed by atoms with Crippen LogP contribution in [0.15, 0.2) is 18.3 Å². The number of fused-ring (bicyclic) bond motifs is 1. The molecular weight excluding hydrogens is 202 g/mol. The fourth-order valence-electron chi connectivity index (χ4n) is 2.18. The molecule has 3 rings (SSSR count). The second kappa shape index (κ2) is 3.68. The predicted molar refractivity (Wildman–Crippen MR) is 65.6 cm³/mol. The van der Waals surface area contributed by atoms with Crippen molar-refractivity contribution in [3.05, 3.63) is 18.3 Å². The molecule has 0 aliphatic carbocycles. The summed E-state index contributed by atoms with van der Waals surface area (Å²) in [6.45, 7) is 4.04. The summed E-state index contributed by atoms with van der Waals surface area (Å²) in [5, 5.41) is 11.4. The van der Waals surface area contributed by atoms with Crippen molar-refractivity contribution in [1.29, 1.82) is 0 Å². The molecular formula is C11H15N5. The number of benzene rings is 1. The Morgan fingerprint density at radius 3 is 2.88 bits per heavy atom. The molecule has 0 bridgehead atoms. The standard InChI is InChI=1S/C11H15N5/c12-9-5-8-7-14-15-10(8)6-11(9)16-3-1-13-2-4-16/h5-7,13H,1-4,12H2,(H,14,15). The first kappa shape index (κ1) is 9.47. The smallest absolute Gasteiger partial charge is 0.0672 e. The SMILES string of the molecule is Nc1cc2cn[nH]c2cc1N1CCNCC1. The first-order chi connectivity index (χ1) is 7.84. The average Bonchev–Trinajstić information content (AvgIpc) is 2.76. The van der Waals surface area contributed by atoms with Crippen molar-refractivity contribution in [3.63, 3.8) is 0 Å². The molecule has 84 valence electrons. The number of aromatic amines is 1. The van der Waals surface area contributed by atoms with Crippen LogP contribution in [0.3, 0.4) is 0 Å². The third-order valence-corrected chi connectivity index (χ3v) is 3.05. The number of hydrogen-bond donors (Lipinski definition) is 3. The van der Waals surface area contributed by atoms with E-state index in [1.54, 1.807) is 6.20 Å². The molecule has 1 aromatic heterocycles. The summed E-state index contributed by atoms with van der Waals surface area (Å²) in [4.78, 5) is 2.31. The van der Waals surface area contributed by atoms with Crippen molar-refractivity contribution in [3.8, 4) is 0 Å². The predicted octanol–water partition coefficient (Wildman–Crippen LogP) is 0.555. The number of nitrogens with two attached hydrogens (primary N) is 1. The van der Waals surface area contributed by atoms with Gasteiger partial charge < -0.3 is 16.0 Å². The zero-order valence-corrected chi connectivity index (χ0v) is 9.03. The molecule has 0 spiro atoms. The molecule has 5 nitrogen and oxygen atoms in total. The van der Waals surface area contributed by atoms with E-state index >= 15 is 0 Å². The Morgan fingerprint density at radius 1 is 1.25 bits per heavy atom. The average molecular weight is 217 g/mol. The van der Waals surface area contributed by atoms with E-state index in [2.05, 4.69) is 26.5 Å². The molecule has 2 aromatic rings. The highest BCUT2D eigenvalue weighted by Gasteiger charge is 2.14. The minimum absolute atomic E-state index is 0.829. The summed E-state index contributed by atoms with van der Waals surface area (Å²) >= 11 is 0. The lowest BCUT2D eigenvalue weighted by molar-refractivity contribution is 0.590. The molecule has 4 N–H and O–H groups in total. The molecule has 1 saturated heterocycles. The van der Waals surface area contributed by atoms with Gasteiger partial charge in [-0.25, -0.2) is 0 Å². The van der Waals surface area contributed by atoms with Gasteiger partial charge in [-0.1, -0.05) is 0 Å². The van der Waals surface area contributed by atoms with Crippen LogP contribution < -0.4 is 16.0 Å². The Balaban J connectivity index is 2.03. The summed E-state index contributed by atoms with van der Waals surface area (Å²) in [7, 11) is 0. The number of hydrogen-bond acceptors (Lipinski definition) is 4. The van der Waals surface area contributed by atoms with Crippen LogP contribution in [0.4, 0.5) is 11.4 Å². The van der Waals surface area contributed by atoms with Crippen LogP contribution in [0, 0.1) is 0 Å². The van der Waals surface area contributed by atoms with Crippen molar-refractivity contribution in [2.45, 2.75) is 0 Å². The van der Waals surface area contributed by atoms with E-state index in [0.29, 0.717) is 0 Å². The molecule has 0 unspecified atom stereocenters. The van der Waals surface area contributed by atoms with Crippen LogP contribution in [0.2, 0.25) is 0 Å². The zero-order valence-electron chi connectivity index (χ0n) is 9.03. The van der Waals surface area contributed by atoms with Gasteiger partial charge in [0.25, 0.3) is 0 Å². The van der Waals surface area contributed by atoms with Crippen LogP contribution in [0.1, 0.15) is 0 Å². The van der Waals surface area contributed by atoms with Gasteiger partial charge in [0.1, 0.15) is 0 Å². The van der Waals surface area contributed by atoms with Gasteiger partial charge >= 0.3 is 0 Å². The highest BCUT2D eigenvalue weighted by atomic mass is 15.2. The Morgan fingerprint density at radius 2 is 2.06 bits per heavy atom. The van der Waals surface area contributed by atoms with Crippen molar-refractivity contribution >= 4 is 22.3 Å². The molecule has 0 atom stereocenters. The Bertz CT molecular complexity index is 498. The molecule has 1 fully saturated rings. The number of anilines is 2. The van der Waals surface area contributed by atoms with Crippen LogP contribution in [0.25, 0.3) is 10.9 Å². The van der Waals surface area contributed by atoms with E-state index in [4.69, 9.17) is 5.73 Å². The fourth-order valence-corrected chi connectivity index (χ4v) is 2.18. The number of nitrogens with one attached hydrogen (secondary N) is 2.